The summed E-state index contributed by atoms with van der Waals surface area (Å²) in [6.45, 7) is 1.66. The maximum Gasteiger partial charge on any atom is 0.254 e. The van der Waals surface area contributed by atoms with E-state index >= 15 is 0 Å². The fourth-order valence-electron chi connectivity index (χ4n) is 1.52. The Kier molecular flexibility index (Phi) is 2.70. The van der Waals surface area contributed by atoms with Crippen molar-refractivity contribution in [1.29, 1.82) is 0 Å². The lowest BCUT2D eigenvalue weighted by Gasteiger charge is -2.07. The molecule has 0 radical (unpaired) electrons. The van der Waals surface area contributed by atoms with E-state index in [-0.39, 0.29) is 11.4 Å². The van der Waals surface area contributed by atoms with Crippen LogP contribution in [0.2, 0.25) is 0 Å². The lowest BCUT2D eigenvalue weighted by atomic mass is 10.2. The largest absolute Gasteiger partial charge is 0.383 e. The molecule has 0 aromatic carbocycles. The van der Waals surface area contributed by atoms with Crippen LogP contribution < -0.4 is 11.5 Å². The molecule has 2 aromatic rings. The number of aryl methyl sites for hydroxylation is 1. The quantitative estimate of drug-likeness (QED) is 0.780. The second-order valence-corrected chi connectivity index (χ2v) is 3.50. The molecule has 1 amide bonds. The first kappa shape index (κ1) is 11.0. The van der Waals surface area contributed by atoms with Gasteiger partial charge in [-0.25, -0.2) is 9.97 Å². The number of nitrogen functional groups attached to an aromatic ring is 1. The molecule has 2 heterocycles. The molecule has 0 saturated heterocycles. The van der Waals surface area contributed by atoms with E-state index in [1.807, 2.05) is 6.07 Å². The second kappa shape index (κ2) is 4.17. The third-order valence-electron chi connectivity index (χ3n) is 2.28. The van der Waals surface area contributed by atoms with E-state index in [0.717, 1.165) is 5.56 Å². The highest BCUT2D eigenvalue weighted by Gasteiger charge is 2.14. The normalized spacial score (nSPS) is 10.2. The molecule has 0 spiro atoms. The molecule has 2 aromatic heterocycles. The lowest BCUT2D eigenvalue weighted by molar-refractivity contribution is 0.1000. The molecule has 0 aliphatic rings. The van der Waals surface area contributed by atoms with E-state index in [1.54, 1.807) is 25.4 Å². The molecule has 0 atom stereocenters. The number of carbonyl (C=O) groups is 1. The summed E-state index contributed by atoms with van der Waals surface area (Å²) in [5.74, 6) is -0.111. The summed E-state index contributed by atoms with van der Waals surface area (Å²) in [6.07, 6.45) is 3.27. The lowest BCUT2D eigenvalue weighted by Crippen LogP contribution is -2.17. The van der Waals surface area contributed by atoms with Gasteiger partial charge in [-0.1, -0.05) is 0 Å². The Bertz CT molecular complexity index is 544. The van der Waals surface area contributed by atoms with Crippen molar-refractivity contribution in [3.05, 3.63) is 35.8 Å². The zero-order chi connectivity index (χ0) is 12.4. The minimum atomic E-state index is -0.627. The van der Waals surface area contributed by atoms with Crippen LogP contribution in [-0.2, 0) is 0 Å². The molecular formula is C11H11N5O. The van der Waals surface area contributed by atoms with Gasteiger partial charge in [-0.05, 0) is 19.1 Å². The first-order chi connectivity index (χ1) is 8.09. The van der Waals surface area contributed by atoms with Crippen LogP contribution in [0.1, 0.15) is 16.1 Å². The molecule has 4 N–H and O–H groups in total. The average Bonchev–Trinajstić information content (AvgIpc) is 2.28. The molecule has 0 bridgehead atoms. The van der Waals surface area contributed by atoms with Gasteiger partial charge in [0.05, 0.1) is 5.69 Å². The van der Waals surface area contributed by atoms with Crippen molar-refractivity contribution in [1.82, 2.24) is 15.0 Å². The van der Waals surface area contributed by atoms with Gasteiger partial charge < -0.3 is 11.5 Å². The summed E-state index contributed by atoms with van der Waals surface area (Å²) in [4.78, 5) is 23.4. The molecule has 0 saturated carbocycles. The standard InChI is InChI=1S/C11H11N5O/c1-6-8(10(13)17)9(12)16-11(15-6)7-3-2-4-14-5-7/h2-5H,1H3,(H2,13,17)(H2,12,15,16). The highest BCUT2D eigenvalue weighted by molar-refractivity contribution is 5.98. The van der Waals surface area contributed by atoms with E-state index in [4.69, 9.17) is 11.5 Å². The van der Waals surface area contributed by atoms with E-state index in [1.165, 1.54) is 0 Å². The fourth-order valence-corrected chi connectivity index (χ4v) is 1.52. The molecule has 0 aliphatic heterocycles. The van der Waals surface area contributed by atoms with Crippen molar-refractivity contribution >= 4 is 11.7 Å². The third-order valence-corrected chi connectivity index (χ3v) is 2.28. The van der Waals surface area contributed by atoms with Crippen LogP contribution in [-0.4, -0.2) is 20.9 Å². The van der Waals surface area contributed by atoms with Gasteiger partial charge in [0.2, 0.25) is 0 Å². The van der Waals surface area contributed by atoms with Gasteiger partial charge in [-0.3, -0.25) is 9.78 Å². The summed E-state index contributed by atoms with van der Waals surface area (Å²) in [5.41, 5.74) is 12.2. The van der Waals surface area contributed by atoms with E-state index in [9.17, 15) is 4.79 Å². The first-order valence-corrected chi connectivity index (χ1v) is 4.94. The molecule has 0 fully saturated rings. The summed E-state index contributed by atoms with van der Waals surface area (Å²) in [5, 5.41) is 0. The maximum absolute atomic E-state index is 11.1. The number of pyridine rings is 1. The van der Waals surface area contributed by atoms with Gasteiger partial charge in [0, 0.05) is 18.0 Å². The van der Waals surface area contributed by atoms with Gasteiger partial charge in [-0.2, -0.15) is 0 Å². The van der Waals surface area contributed by atoms with Crippen LogP contribution in [0.3, 0.4) is 0 Å². The zero-order valence-corrected chi connectivity index (χ0v) is 9.21. The topological polar surface area (TPSA) is 108 Å². The Balaban J connectivity index is 2.57. The molecule has 0 aliphatic carbocycles. The Morgan fingerprint density at radius 3 is 2.65 bits per heavy atom. The molecule has 0 unspecified atom stereocenters. The Morgan fingerprint density at radius 2 is 2.12 bits per heavy atom. The SMILES string of the molecule is Cc1nc(-c2cccnc2)nc(N)c1C(N)=O. The van der Waals surface area contributed by atoms with E-state index < -0.39 is 5.91 Å². The average molecular weight is 229 g/mol. The molecular weight excluding hydrogens is 218 g/mol. The smallest absolute Gasteiger partial charge is 0.254 e. The van der Waals surface area contributed by atoms with Crippen molar-refractivity contribution in [3.63, 3.8) is 0 Å². The number of hydrogen-bond acceptors (Lipinski definition) is 5. The molecule has 6 nitrogen and oxygen atoms in total. The Hall–Kier alpha value is -2.50. The number of anilines is 1. The van der Waals surface area contributed by atoms with Gasteiger partial charge in [-0.15, -0.1) is 0 Å². The van der Waals surface area contributed by atoms with Crippen molar-refractivity contribution in [2.75, 3.05) is 5.73 Å². The van der Waals surface area contributed by atoms with Crippen LogP contribution in [0.4, 0.5) is 5.82 Å². The zero-order valence-electron chi connectivity index (χ0n) is 9.21. The number of nitrogens with two attached hydrogens (primary N) is 2. The first-order valence-electron chi connectivity index (χ1n) is 4.94. The summed E-state index contributed by atoms with van der Waals surface area (Å²) < 4.78 is 0. The molecule has 86 valence electrons. The number of nitrogens with zero attached hydrogens (tertiary/aromatic N) is 3. The number of rotatable bonds is 2. The van der Waals surface area contributed by atoms with Crippen LogP contribution in [0.15, 0.2) is 24.5 Å². The highest BCUT2D eigenvalue weighted by Crippen LogP contribution is 2.19. The third kappa shape index (κ3) is 2.05. The van der Waals surface area contributed by atoms with Crippen LogP contribution >= 0.6 is 0 Å². The van der Waals surface area contributed by atoms with Crippen LogP contribution in [0, 0.1) is 6.92 Å². The summed E-state index contributed by atoms with van der Waals surface area (Å²) >= 11 is 0. The highest BCUT2D eigenvalue weighted by atomic mass is 16.1. The Labute approximate surface area is 97.7 Å². The molecule has 6 heteroatoms. The van der Waals surface area contributed by atoms with Crippen molar-refractivity contribution in [3.8, 4) is 11.4 Å². The summed E-state index contributed by atoms with van der Waals surface area (Å²) in [7, 11) is 0. The van der Waals surface area contributed by atoms with Crippen LogP contribution in [0.5, 0.6) is 0 Å². The fraction of sp³-hybridized carbons (Fsp3) is 0.0909. The van der Waals surface area contributed by atoms with E-state index in [0.29, 0.717) is 11.5 Å². The minimum absolute atomic E-state index is 0.0869. The van der Waals surface area contributed by atoms with Gasteiger partial charge >= 0.3 is 0 Å². The monoisotopic (exact) mass is 229 g/mol. The van der Waals surface area contributed by atoms with E-state index in [2.05, 4.69) is 15.0 Å². The van der Waals surface area contributed by atoms with Crippen LogP contribution in [0.25, 0.3) is 11.4 Å². The number of amides is 1. The molecule has 2 rings (SSSR count). The number of hydrogen-bond donors (Lipinski definition) is 2. The van der Waals surface area contributed by atoms with Crippen molar-refractivity contribution < 1.29 is 4.79 Å². The van der Waals surface area contributed by atoms with Gasteiger partial charge in [0.1, 0.15) is 11.4 Å². The number of carbonyl (C=O) groups excluding carboxylic acids is 1. The van der Waals surface area contributed by atoms with Gasteiger partial charge in [0.25, 0.3) is 5.91 Å². The number of primary amides is 1. The van der Waals surface area contributed by atoms with Crippen molar-refractivity contribution in [2.45, 2.75) is 6.92 Å². The minimum Gasteiger partial charge on any atom is -0.383 e. The predicted molar refractivity (Wildman–Crippen MR) is 62.9 cm³/mol. The van der Waals surface area contributed by atoms with Gasteiger partial charge in [0.15, 0.2) is 5.82 Å². The molecule has 17 heavy (non-hydrogen) atoms. The summed E-state index contributed by atoms with van der Waals surface area (Å²) in [6, 6.07) is 3.58. The second-order valence-electron chi connectivity index (χ2n) is 3.50. The predicted octanol–water partition coefficient (Wildman–Crippen LogP) is 0.528. The Morgan fingerprint density at radius 1 is 1.35 bits per heavy atom. The number of aromatic nitrogens is 3. The maximum atomic E-state index is 11.1. The van der Waals surface area contributed by atoms with Crippen molar-refractivity contribution in [2.24, 2.45) is 5.73 Å².